The first kappa shape index (κ1) is 15.2. The van der Waals surface area contributed by atoms with Crippen molar-refractivity contribution >= 4 is 23.0 Å². The van der Waals surface area contributed by atoms with Crippen molar-refractivity contribution in [1.82, 2.24) is 4.98 Å². The molecule has 0 saturated carbocycles. The van der Waals surface area contributed by atoms with E-state index in [4.69, 9.17) is 18.0 Å². The van der Waals surface area contributed by atoms with E-state index in [1.54, 1.807) is 24.4 Å². The zero-order chi connectivity index (χ0) is 15.5. The quantitative estimate of drug-likeness (QED) is 0.850. The van der Waals surface area contributed by atoms with Gasteiger partial charge in [-0.25, -0.2) is 4.98 Å². The molecule has 0 aliphatic rings. The molecule has 0 unspecified atom stereocenters. The monoisotopic (exact) mass is 311 g/mol. The van der Waals surface area contributed by atoms with Crippen molar-refractivity contribution < 1.29 is 13.2 Å². The van der Waals surface area contributed by atoms with Gasteiger partial charge in [0, 0.05) is 12.7 Å². The molecule has 1 aromatic carbocycles. The number of benzene rings is 1. The van der Waals surface area contributed by atoms with E-state index >= 15 is 0 Å². The van der Waals surface area contributed by atoms with Gasteiger partial charge in [0.15, 0.2) is 0 Å². The van der Waals surface area contributed by atoms with Crippen LogP contribution in [0.1, 0.15) is 16.7 Å². The fraction of sp³-hybridized carbons (Fsp3) is 0.143. The summed E-state index contributed by atoms with van der Waals surface area (Å²) in [5.74, 6) is 0.447. The van der Waals surface area contributed by atoms with Crippen LogP contribution in [-0.2, 0) is 12.7 Å². The minimum absolute atomic E-state index is 0.176. The number of aromatic nitrogens is 1. The van der Waals surface area contributed by atoms with E-state index in [1.165, 1.54) is 6.07 Å². The first-order valence-electron chi connectivity index (χ1n) is 6.03. The van der Waals surface area contributed by atoms with Gasteiger partial charge in [0.1, 0.15) is 10.8 Å². The van der Waals surface area contributed by atoms with Gasteiger partial charge in [0.2, 0.25) is 0 Å². The number of hydrogen-bond acceptors (Lipinski definition) is 3. The van der Waals surface area contributed by atoms with Gasteiger partial charge in [-0.05, 0) is 29.8 Å². The lowest BCUT2D eigenvalue weighted by atomic mass is 10.1. The van der Waals surface area contributed by atoms with Crippen LogP contribution >= 0.6 is 12.2 Å². The highest BCUT2D eigenvalue weighted by molar-refractivity contribution is 7.80. The molecule has 0 bridgehead atoms. The molecule has 0 atom stereocenters. The number of hydrogen-bond donors (Lipinski definition) is 2. The topological polar surface area (TPSA) is 50.9 Å². The Bertz CT molecular complexity index is 656. The number of alkyl halides is 3. The summed E-state index contributed by atoms with van der Waals surface area (Å²) in [6.07, 6.45) is -2.80. The third-order valence-electron chi connectivity index (χ3n) is 2.79. The predicted molar refractivity (Wildman–Crippen MR) is 78.9 cm³/mol. The lowest BCUT2D eigenvalue weighted by Gasteiger charge is -2.11. The molecule has 0 aliphatic carbocycles. The Morgan fingerprint density at radius 1 is 1.24 bits per heavy atom. The Kier molecular flexibility index (Phi) is 4.42. The second-order valence-corrected chi connectivity index (χ2v) is 4.76. The SMILES string of the molecule is NC(=S)c1cccnc1NCc1cccc(C(F)(F)F)c1. The van der Waals surface area contributed by atoms with Crippen molar-refractivity contribution in [3.8, 4) is 0 Å². The molecule has 1 aromatic heterocycles. The van der Waals surface area contributed by atoms with Crippen LogP contribution in [0.2, 0.25) is 0 Å². The summed E-state index contributed by atoms with van der Waals surface area (Å²) in [6, 6.07) is 8.48. The number of anilines is 1. The number of nitrogens with one attached hydrogen (secondary N) is 1. The number of nitrogens with two attached hydrogens (primary N) is 1. The van der Waals surface area contributed by atoms with Crippen LogP contribution in [0.15, 0.2) is 42.6 Å². The molecule has 21 heavy (non-hydrogen) atoms. The van der Waals surface area contributed by atoms with Gasteiger partial charge in [0.05, 0.1) is 11.1 Å². The molecule has 0 radical (unpaired) electrons. The zero-order valence-corrected chi connectivity index (χ0v) is 11.6. The van der Waals surface area contributed by atoms with E-state index in [1.807, 2.05) is 0 Å². The summed E-state index contributed by atoms with van der Waals surface area (Å²) >= 11 is 4.90. The molecule has 2 rings (SSSR count). The van der Waals surface area contributed by atoms with Crippen LogP contribution in [0.5, 0.6) is 0 Å². The molecule has 7 heteroatoms. The van der Waals surface area contributed by atoms with E-state index in [0.717, 1.165) is 12.1 Å². The summed E-state index contributed by atoms with van der Waals surface area (Å²) in [4.78, 5) is 4.26. The fourth-order valence-electron chi connectivity index (χ4n) is 1.79. The number of thiocarbonyl (C=S) groups is 1. The maximum Gasteiger partial charge on any atom is 0.416 e. The summed E-state index contributed by atoms with van der Waals surface area (Å²) in [5, 5.41) is 2.94. The molecule has 0 fully saturated rings. The Hall–Kier alpha value is -2.15. The molecule has 0 spiro atoms. The van der Waals surface area contributed by atoms with E-state index in [2.05, 4.69) is 10.3 Å². The van der Waals surface area contributed by atoms with Gasteiger partial charge in [-0.3, -0.25) is 0 Å². The maximum absolute atomic E-state index is 12.6. The molecule has 1 heterocycles. The normalized spacial score (nSPS) is 11.2. The van der Waals surface area contributed by atoms with Gasteiger partial charge in [-0.1, -0.05) is 24.4 Å². The molecular formula is C14H12F3N3S. The smallest absolute Gasteiger partial charge is 0.389 e. The number of nitrogens with zero attached hydrogens (tertiary/aromatic N) is 1. The van der Waals surface area contributed by atoms with Crippen LogP contribution in [0.3, 0.4) is 0 Å². The number of pyridine rings is 1. The first-order valence-corrected chi connectivity index (χ1v) is 6.43. The van der Waals surface area contributed by atoms with Crippen LogP contribution in [0, 0.1) is 0 Å². The molecule has 3 nitrogen and oxygen atoms in total. The fourth-order valence-corrected chi connectivity index (χ4v) is 1.95. The lowest BCUT2D eigenvalue weighted by Crippen LogP contribution is -2.14. The van der Waals surface area contributed by atoms with Crippen LogP contribution in [0.4, 0.5) is 19.0 Å². The van der Waals surface area contributed by atoms with Gasteiger partial charge < -0.3 is 11.1 Å². The van der Waals surface area contributed by atoms with Crippen molar-refractivity contribution in [2.24, 2.45) is 5.73 Å². The first-order chi connectivity index (χ1) is 9.88. The average Bonchev–Trinajstić information content (AvgIpc) is 2.45. The summed E-state index contributed by atoms with van der Waals surface area (Å²) < 4.78 is 37.9. The standard InChI is InChI=1S/C14H12F3N3S/c15-14(16,17)10-4-1-3-9(7-10)8-20-13-11(12(18)21)5-2-6-19-13/h1-7H,8H2,(H2,18,21)(H,19,20). The van der Waals surface area contributed by atoms with Crippen LogP contribution in [-0.4, -0.2) is 9.97 Å². The third-order valence-corrected chi connectivity index (χ3v) is 3.01. The van der Waals surface area contributed by atoms with E-state index in [-0.39, 0.29) is 11.5 Å². The molecular weight excluding hydrogens is 299 g/mol. The van der Waals surface area contributed by atoms with Crippen molar-refractivity contribution in [3.63, 3.8) is 0 Å². The Labute approximate surface area is 125 Å². The highest BCUT2D eigenvalue weighted by atomic mass is 32.1. The second-order valence-electron chi connectivity index (χ2n) is 4.32. The Balaban J connectivity index is 2.16. The van der Waals surface area contributed by atoms with E-state index in [9.17, 15) is 13.2 Å². The lowest BCUT2D eigenvalue weighted by molar-refractivity contribution is -0.137. The zero-order valence-electron chi connectivity index (χ0n) is 10.8. The van der Waals surface area contributed by atoms with Crippen LogP contribution < -0.4 is 11.1 Å². The van der Waals surface area contributed by atoms with Gasteiger partial charge in [-0.15, -0.1) is 0 Å². The second kappa shape index (κ2) is 6.09. The molecule has 2 aromatic rings. The summed E-state index contributed by atoms with van der Waals surface area (Å²) in [6.45, 7) is 0.191. The largest absolute Gasteiger partial charge is 0.416 e. The Morgan fingerprint density at radius 3 is 2.67 bits per heavy atom. The molecule has 0 saturated heterocycles. The van der Waals surface area contributed by atoms with Crippen molar-refractivity contribution in [2.75, 3.05) is 5.32 Å². The minimum atomic E-state index is -4.36. The van der Waals surface area contributed by atoms with Gasteiger partial charge >= 0.3 is 6.18 Å². The summed E-state index contributed by atoms with van der Waals surface area (Å²) in [5.41, 5.74) is 5.93. The highest BCUT2D eigenvalue weighted by Crippen LogP contribution is 2.29. The predicted octanol–water partition coefficient (Wildman–Crippen LogP) is 3.35. The third kappa shape index (κ3) is 3.91. The van der Waals surface area contributed by atoms with Gasteiger partial charge in [0.25, 0.3) is 0 Å². The van der Waals surface area contributed by atoms with Crippen molar-refractivity contribution in [1.29, 1.82) is 0 Å². The molecule has 110 valence electrons. The van der Waals surface area contributed by atoms with Crippen molar-refractivity contribution in [3.05, 3.63) is 59.3 Å². The van der Waals surface area contributed by atoms with Crippen LogP contribution in [0.25, 0.3) is 0 Å². The molecule has 3 N–H and O–H groups in total. The number of rotatable bonds is 4. The minimum Gasteiger partial charge on any atom is -0.389 e. The van der Waals surface area contributed by atoms with E-state index < -0.39 is 11.7 Å². The Morgan fingerprint density at radius 2 is 2.00 bits per heavy atom. The average molecular weight is 311 g/mol. The maximum atomic E-state index is 12.6. The van der Waals surface area contributed by atoms with Gasteiger partial charge in [-0.2, -0.15) is 13.2 Å². The molecule has 0 aliphatic heterocycles. The number of halogens is 3. The van der Waals surface area contributed by atoms with Crippen molar-refractivity contribution in [2.45, 2.75) is 12.7 Å². The van der Waals surface area contributed by atoms with E-state index in [0.29, 0.717) is 16.9 Å². The summed E-state index contributed by atoms with van der Waals surface area (Å²) in [7, 11) is 0. The molecule has 0 amide bonds. The highest BCUT2D eigenvalue weighted by Gasteiger charge is 2.30.